The molecule has 0 aliphatic carbocycles. The molecule has 1 aliphatic heterocycles. The lowest BCUT2D eigenvalue weighted by Crippen LogP contribution is -2.49. The quantitative estimate of drug-likeness (QED) is 0.838. The molecule has 6 nitrogen and oxygen atoms in total. The van der Waals surface area contributed by atoms with Crippen LogP contribution in [0.3, 0.4) is 0 Å². The van der Waals surface area contributed by atoms with Gasteiger partial charge in [0, 0.05) is 44.9 Å². The van der Waals surface area contributed by atoms with Crippen LogP contribution in [0.1, 0.15) is 12.0 Å². The first kappa shape index (κ1) is 16.2. The zero-order chi connectivity index (χ0) is 16.8. The first-order chi connectivity index (χ1) is 11.8. The summed E-state index contributed by atoms with van der Waals surface area (Å²) in [6, 6.07) is 11.9. The van der Waals surface area contributed by atoms with Crippen LogP contribution in [-0.4, -0.2) is 54.1 Å². The summed E-state index contributed by atoms with van der Waals surface area (Å²) in [5.41, 5.74) is 1.20. The third-order valence-corrected chi connectivity index (χ3v) is 4.21. The van der Waals surface area contributed by atoms with Crippen molar-refractivity contribution in [2.24, 2.45) is 0 Å². The number of benzene rings is 1. The predicted octanol–water partition coefficient (Wildman–Crippen LogP) is 1.77. The van der Waals surface area contributed by atoms with E-state index in [0.29, 0.717) is 31.3 Å². The van der Waals surface area contributed by atoms with Crippen molar-refractivity contribution in [1.82, 2.24) is 14.9 Å². The highest BCUT2D eigenvalue weighted by atomic mass is 16.5. The molecular formula is C18H22N4O2. The lowest BCUT2D eigenvalue weighted by atomic mass is 10.1. The van der Waals surface area contributed by atoms with Gasteiger partial charge in [0.25, 0.3) is 0 Å². The van der Waals surface area contributed by atoms with Gasteiger partial charge in [-0.15, -0.1) is 0 Å². The second kappa shape index (κ2) is 7.77. The fraction of sp³-hybridized carbons (Fsp3) is 0.389. The van der Waals surface area contributed by atoms with Crippen molar-refractivity contribution in [3.8, 4) is 5.88 Å². The average molecular weight is 326 g/mol. The predicted molar refractivity (Wildman–Crippen MR) is 92.1 cm³/mol. The summed E-state index contributed by atoms with van der Waals surface area (Å²) in [7, 11) is 1.59. The molecule has 126 valence electrons. The molecular weight excluding hydrogens is 304 g/mol. The number of aryl methyl sites for hydroxylation is 1. The Labute approximate surface area is 142 Å². The van der Waals surface area contributed by atoms with Crippen LogP contribution >= 0.6 is 0 Å². The largest absolute Gasteiger partial charge is 0.481 e. The molecule has 1 aromatic carbocycles. The number of aromatic nitrogens is 2. The van der Waals surface area contributed by atoms with Crippen molar-refractivity contribution >= 4 is 11.9 Å². The molecule has 0 atom stereocenters. The number of carbonyl (C=O) groups excluding carboxylic acids is 1. The van der Waals surface area contributed by atoms with Crippen LogP contribution in [0.2, 0.25) is 0 Å². The van der Waals surface area contributed by atoms with Gasteiger partial charge in [-0.3, -0.25) is 4.79 Å². The molecule has 0 unspecified atom stereocenters. The Bertz CT molecular complexity index is 670. The molecule has 0 spiro atoms. The maximum Gasteiger partial charge on any atom is 0.228 e. The Morgan fingerprint density at radius 1 is 1.12 bits per heavy atom. The van der Waals surface area contributed by atoms with Crippen molar-refractivity contribution in [3.05, 3.63) is 48.2 Å². The van der Waals surface area contributed by atoms with Crippen molar-refractivity contribution in [2.75, 3.05) is 38.2 Å². The van der Waals surface area contributed by atoms with E-state index in [2.05, 4.69) is 27.0 Å². The van der Waals surface area contributed by atoms with Crippen molar-refractivity contribution in [3.63, 3.8) is 0 Å². The minimum Gasteiger partial charge on any atom is -0.481 e. The van der Waals surface area contributed by atoms with Gasteiger partial charge >= 0.3 is 0 Å². The molecule has 0 radical (unpaired) electrons. The molecule has 1 aliphatic rings. The number of anilines is 1. The van der Waals surface area contributed by atoms with E-state index >= 15 is 0 Å². The standard InChI is InChI=1S/C18H22N4O2/c1-24-16-9-10-19-18(20-16)22-13-11-21(12-14-22)17(23)8-7-15-5-3-2-4-6-15/h2-6,9-10H,7-8,11-14H2,1H3. The zero-order valence-corrected chi connectivity index (χ0v) is 13.9. The van der Waals surface area contributed by atoms with Crippen LogP contribution in [0.5, 0.6) is 5.88 Å². The fourth-order valence-corrected chi connectivity index (χ4v) is 2.81. The first-order valence-corrected chi connectivity index (χ1v) is 8.20. The number of ether oxygens (including phenoxy) is 1. The van der Waals surface area contributed by atoms with E-state index in [9.17, 15) is 4.79 Å². The second-order valence-electron chi connectivity index (χ2n) is 5.75. The summed E-state index contributed by atoms with van der Waals surface area (Å²) in [5.74, 6) is 1.43. The highest BCUT2D eigenvalue weighted by Gasteiger charge is 2.22. The Balaban J connectivity index is 1.50. The van der Waals surface area contributed by atoms with Crippen LogP contribution in [0.4, 0.5) is 5.95 Å². The third-order valence-electron chi connectivity index (χ3n) is 4.21. The molecule has 0 bridgehead atoms. The summed E-state index contributed by atoms with van der Waals surface area (Å²) in [6.45, 7) is 2.89. The van der Waals surface area contributed by atoms with E-state index in [1.54, 1.807) is 19.4 Å². The first-order valence-electron chi connectivity index (χ1n) is 8.20. The molecule has 0 saturated carbocycles. The molecule has 0 N–H and O–H groups in total. The SMILES string of the molecule is COc1ccnc(N2CCN(C(=O)CCc3ccccc3)CC2)n1. The van der Waals surface area contributed by atoms with E-state index in [1.165, 1.54) is 5.56 Å². The topological polar surface area (TPSA) is 58.6 Å². The number of amides is 1. The highest BCUT2D eigenvalue weighted by Crippen LogP contribution is 2.15. The number of nitrogens with zero attached hydrogens (tertiary/aromatic N) is 4. The minimum atomic E-state index is 0.213. The lowest BCUT2D eigenvalue weighted by molar-refractivity contribution is -0.131. The van der Waals surface area contributed by atoms with Crippen LogP contribution in [0, 0.1) is 0 Å². The molecule has 1 fully saturated rings. The number of carbonyl (C=O) groups is 1. The van der Waals surface area contributed by atoms with E-state index in [0.717, 1.165) is 19.5 Å². The third kappa shape index (κ3) is 4.01. The summed E-state index contributed by atoms with van der Waals surface area (Å²) in [6.07, 6.45) is 3.04. The van der Waals surface area contributed by atoms with E-state index < -0.39 is 0 Å². The van der Waals surface area contributed by atoms with Crippen molar-refractivity contribution < 1.29 is 9.53 Å². The summed E-state index contributed by atoms with van der Waals surface area (Å²) in [5, 5.41) is 0. The van der Waals surface area contributed by atoms with Gasteiger partial charge in [0.1, 0.15) is 0 Å². The van der Waals surface area contributed by atoms with Gasteiger partial charge in [-0.05, 0) is 12.0 Å². The van der Waals surface area contributed by atoms with Crippen molar-refractivity contribution in [2.45, 2.75) is 12.8 Å². The molecule has 6 heteroatoms. The molecule has 1 saturated heterocycles. The van der Waals surface area contributed by atoms with Crippen LogP contribution in [0.15, 0.2) is 42.6 Å². The van der Waals surface area contributed by atoms with E-state index in [4.69, 9.17) is 4.74 Å². The Morgan fingerprint density at radius 2 is 1.88 bits per heavy atom. The number of hydrogen-bond acceptors (Lipinski definition) is 5. The second-order valence-corrected chi connectivity index (χ2v) is 5.75. The monoisotopic (exact) mass is 326 g/mol. The summed E-state index contributed by atoms with van der Waals surface area (Å²) >= 11 is 0. The normalized spacial score (nSPS) is 14.5. The Hall–Kier alpha value is -2.63. The smallest absolute Gasteiger partial charge is 0.228 e. The molecule has 3 rings (SSSR count). The minimum absolute atomic E-state index is 0.213. The molecule has 1 amide bonds. The van der Waals surface area contributed by atoms with Gasteiger partial charge in [0.05, 0.1) is 7.11 Å². The van der Waals surface area contributed by atoms with Crippen LogP contribution in [0.25, 0.3) is 0 Å². The molecule has 2 aromatic rings. The zero-order valence-electron chi connectivity index (χ0n) is 13.9. The van der Waals surface area contributed by atoms with Gasteiger partial charge in [-0.25, -0.2) is 4.98 Å². The summed E-state index contributed by atoms with van der Waals surface area (Å²) in [4.78, 5) is 25.0. The highest BCUT2D eigenvalue weighted by molar-refractivity contribution is 5.76. The maximum atomic E-state index is 12.4. The van der Waals surface area contributed by atoms with Gasteiger partial charge in [0.2, 0.25) is 17.7 Å². The number of methoxy groups -OCH3 is 1. The summed E-state index contributed by atoms with van der Waals surface area (Å²) < 4.78 is 5.14. The van der Waals surface area contributed by atoms with Gasteiger partial charge in [-0.1, -0.05) is 30.3 Å². The Morgan fingerprint density at radius 3 is 2.58 bits per heavy atom. The van der Waals surface area contributed by atoms with Gasteiger partial charge in [-0.2, -0.15) is 4.98 Å². The molecule has 24 heavy (non-hydrogen) atoms. The van der Waals surface area contributed by atoms with Crippen LogP contribution in [-0.2, 0) is 11.2 Å². The van der Waals surface area contributed by atoms with Crippen molar-refractivity contribution in [1.29, 1.82) is 0 Å². The Kier molecular flexibility index (Phi) is 5.25. The van der Waals surface area contributed by atoms with Gasteiger partial charge in [0.15, 0.2) is 0 Å². The van der Waals surface area contributed by atoms with Crippen LogP contribution < -0.4 is 9.64 Å². The lowest BCUT2D eigenvalue weighted by Gasteiger charge is -2.34. The number of hydrogen-bond donors (Lipinski definition) is 0. The average Bonchev–Trinajstić information content (AvgIpc) is 2.67. The van der Waals surface area contributed by atoms with E-state index in [1.807, 2.05) is 23.1 Å². The molecule has 1 aromatic heterocycles. The number of piperazine rings is 1. The fourth-order valence-electron chi connectivity index (χ4n) is 2.81. The number of rotatable bonds is 5. The maximum absolute atomic E-state index is 12.4. The molecule has 2 heterocycles. The van der Waals surface area contributed by atoms with E-state index in [-0.39, 0.29) is 5.91 Å². The van der Waals surface area contributed by atoms with Gasteiger partial charge < -0.3 is 14.5 Å².